The molecule has 1 aliphatic rings. The summed E-state index contributed by atoms with van der Waals surface area (Å²) in [7, 11) is 1.60. The lowest BCUT2D eigenvalue weighted by Crippen LogP contribution is -2.44. The molecule has 148 valence electrons. The number of benzene rings is 2. The third-order valence-corrected chi connectivity index (χ3v) is 4.96. The molecule has 0 saturated carbocycles. The molecule has 1 aliphatic heterocycles. The summed E-state index contributed by atoms with van der Waals surface area (Å²) in [5.74, 6) is 0.630. The van der Waals surface area contributed by atoms with E-state index in [2.05, 4.69) is 11.4 Å². The molecule has 0 spiro atoms. The van der Waals surface area contributed by atoms with Crippen molar-refractivity contribution in [3.8, 4) is 5.75 Å². The minimum atomic E-state index is -0.140. The molecule has 0 fully saturated rings. The van der Waals surface area contributed by atoms with Gasteiger partial charge in [-0.3, -0.25) is 14.5 Å². The zero-order chi connectivity index (χ0) is 19.9. The molecule has 1 heterocycles. The van der Waals surface area contributed by atoms with E-state index in [0.717, 1.165) is 30.8 Å². The van der Waals surface area contributed by atoms with Gasteiger partial charge in [-0.1, -0.05) is 25.1 Å². The van der Waals surface area contributed by atoms with Crippen LogP contribution in [-0.4, -0.2) is 50.0 Å². The lowest BCUT2D eigenvalue weighted by atomic mass is 10.0. The number of ether oxygens (including phenoxy) is 1. The van der Waals surface area contributed by atoms with E-state index in [1.807, 2.05) is 34.9 Å². The van der Waals surface area contributed by atoms with Gasteiger partial charge in [-0.2, -0.15) is 0 Å². The molecule has 6 nitrogen and oxygen atoms in total. The molecule has 0 radical (unpaired) electrons. The number of rotatable bonds is 7. The van der Waals surface area contributed by atoms with Crippen molar-refractivity contribution in [3.05, 3.63) is 54.1 Å². The number of hydrogen-bond donors (Lipinski definition) is 1. The van der Waals surface area contributed by atoms with Gasteiger partial charge in [0.05, 0.1) is 20.2 Å². The third-order valence-electron chi connectivity index (χ3n) is 4.96. The van der Waals surface area contributed by atoms with Crippen molar-refractivity contribution in [2.45, 2.75) is 19.8 Å². The Morgan fingerprint density at radius 3 is 2.57 bits per heavy atom. The first-order valence-electron chi connectivity index (χ1n) is 9.65. The average molecular weight is 381 g/mol. The number of fused-ring (bicyclic) bond motifs is 1. The van der Waals surface area contributed by atoms with E-state index in [-0.39, 0.29) is 24.9 Å². The SMILES string of the molecule is CCN(CC(=O)Nc1ccc(OC)cc1)CC(=O)N1CCCc2ccccc21. The van der Waals surface area contributed by atoms with Gasteiger partial charge in [-0.15, -0.1) is 0 Å². The Morgan fingerprint density at radius 1 is 1.11 bits per heavy atom. The summed E-state index contributed by atoms with van der Waals surface area (Å²) in [5, 5.41) is 2.87. The highest BCUT2D eigenvalue weighted by atomic mass is 16.5. The van der Waals surface area contributed by atoms with E-state index >= 15 is 0 Å². The van der Waals surface area contributed by atoms with E-state index in [1.165, 1.54) is 5.56 Å². The van der Waals surface area contributed by atoms with Crippen molar-refractivity contribution in [1.29, 1.82) is 0 Å². The monoisotopic (exact) mass is 381 g/mol. The molecule has 0 aliphatic carbocycles. The van der Waals surface area contributed by atoms with Crippen molar-refractivity contribution in [3.63, 3.8) is 0 Å². The van der Waals surface area contributed by atoms with Crippen LogP contribution >= 0.6 is 0 Å². The van der Waals surface area contributed by atoms with Crippen LogP contribution in [-0.2, 0) is 16.0 Å². The third kappa shape index (κ3) is 4.89. The van der Waals surface area contributed by atoms with Gasteiger partial charge in [0, 0.05) is 17.9 Å². The summed E-state index contributed by atoms with van der Waals surface area (Å²) in [6, 6.07) is 15.2. The smallest absolute Gasteiger partial charge is 0.241 e. The average Bonchev–Trinajstić information content (AvgIpc) is 2.73. The van der Waals surface area contributed by atoms with Gasteiger partial charge in [-0.25, -0.2) is 0 Å². The quantitative estimate of drug-likeness (QED) is 0.801. The van der Waals surface area contributed by atoms with Crippen molar-refractivity contribution in [1.82, 2.24) is 4.90 Å². The molecule has 2 aromatic rings. The Morgan fingerprint density at radius 2 is 1.86 bits per heavy atom. The van der Waals surface area contributed by atoms with E-state index < -0.39 is 0 Å². The van der Waals surface area contributed by atoms with Gasteiger partial charge in [-0.05, 0) is 55.3 Å². The molecule has 0 atom stereocenters. The maximum absolute atomic E-state index is 12.9. The number of carbonyl (C=O) groups is 2. The van der Waals surface area contributed by atoms with Crippen LogP contribution in [0, 0.1) is 0 Å². The maximum atomic E-state index is 12.9. The van der Waals surface area contributed by atoms with E-state index in [1.54, 1.807) is 31.4 Å². The molecule has 0 unspecified atom stereocenters. The van der Waals surface area contributed by atoms with Crippen molar-refractivity contribution < 1.29 is 14.3 Å². The van der Waals surface area contributed by atoms with Gasteiger partial charge in [0.25, 0.3) is 0 Å². The zero-order valence-corrected chi connectivity index (χ0v) is 16.5. The summed E-state index contributed by atoms with van der Waals surface area (Å²) in [4.78, 5) is 29.0. The van der Waals surface area contributed by atoms with Crippen LogP contribution in [0.15, 0.2) is 48.5 Å². The lowest BCUT2D eigenvalue weighted by Gasteiger charge is -2.31. The Bertz CT molecular complexity index is 820. The summed E-state index contributed by atoms with van der Waals surface area (Å²) in [6.07, 6.45) is 1.97. The van der Waals surface area contributed by atoms with Crippen LogP contribution < -0.4 is 15.0 Å². The molecule has 0 saturated heterocycles. The molecule has 28 heavy (non-hydrogen) atoms. The van der Waals surface area contributed by atoms with Crippen LogP contribution in [0.3, 0.4) is 0 Å². The van der Waals surface area contributed by atoms with Crippen molar-refractivity contribution in [2.24, 2.45) is 0 Å². The van der Waals surface area contributed by atoms with Gasteiger partial charge >= 0.3 is 0 Å². The number of nitrogens with one attached hydrogen (secondary N) is 1. The summed E-state index contributed by atoms with van der Waals surface area (Å²) in [6.45, 7) is 3.70. The van der Waals surface area contributed by atoms with Gasteiger partial charge in [0.2, 0.25) is 11.8 Å². The van der Waals surface area contributed by atoms with Crippen molar-refractivity contribution in [2.75, 3.05) is 43.5 Å². The van der Waals surface area contributed by atoms with Gasteiger partial charge < -0.3 is 15.0 Å². The molecular formula is C22H27N3O3. The lowest BCUT2D eigenvalue weighted by molar-refractivity contribution is -0.121. The predicted octanol–water partition coefficient (Wildman–Crippen LogP) is 2.94. The van der Waals surface area contributed by atoms with Gasteiger partial charge in [0.1, 0.15) is 5.75 Å². The van der Waals surface area contributed by atoms with Crippen LogP contribution in [0.4, 0.5) is 11.4 Å². The molecule has 0 aromatic heterocycles. The first-order valence-corrected chi connectivity index (χ1v) is 9.65. The second-order valence-electron chi connectivity index (χ2n) is 6.86. The molecule has 0 bridgehead atoms. The number of para-hydroxylation sites is 1. The highest BCUT2D eigenvalue weighted by Crippen LogP contribution is 2.26. The number of carbonyl (C=O) groups excluding carboxylic acids is 2. The van der Waals surface area contributed by atoms with E-state index in [0.29, 0.717) is 12.2 Å². The highest BCUT2D eigenvalue weighted by molar-refractivity contribution is 5.97. The molecular weight excluding hydrogens is 354 g/mol. The number of aryl methyl sites for hydroxylation is 1. The van der Waals surface area contributed by atoms with Crippen LogP contribution in [0.25, 0.3) is 0 Å². The molecule has 2 aromatic carbocycles. The Hall–Kier alpha value is -2.86. The molecule has 3 rings (SSSR count). The molecule has 6 heteroatoms. The number of methoxy groups -OCH3 is 1. The minimum absolute atomic E-state index is 0.0336. The second kappa shape index (κ2) is 9.37. The van der Waals surface area contributed by atoms with Gasteiger partial charge in [0.15, 0.2) is 0 Å². The summed E-state index contributed by atoms with van der Waals surface area (Å²) in [5.41, 5.74) is 2.91. The van der Waals surface area contributed by atoms with Crippen LogP contribution in [0.2, 0.25) is 0 Å². The maximum Gasteiger partial charge on any atom is 0.241 e. The number of amides is 2. The normalized spacial score (nSPS) is 13.2. The summed E-state index contributed by atoms with van der Waals surface area (Å²) < 4.78 is 5.12. The fraction of sp³-hybridized carbons (Fsp3) is 0.364. The van der Waals surface area contributed by atoms with Crippen molar-refractivity contribution >= 4 is 23.2 Å². The fourth-order valence-electron chi connectivity index (χ4n) is 3.43. The Kier molecular flexibility index (Phi) is 6.66. The van der Waals surface area contributed by atoms with E-state index in [9.17, 15) is 9.59 Å². The number of anilines is 2. The zero-order valence-electron chi connectivity index (χ0n) is 16.5. The number of nitrogens with zero attached hydrogens (tertiary/aromatic N) is 2. The standard InChI is InChI=1S/C22H27N3O3/c1-3-24(15-21(26)23-18-10-12-19(28-2)13-11-18)16-22(27)25-14-6-8-17-7-4-5-9-20(17)25/h4-5,7,9-13H,3,6,8,14-16H2,1-2H3,(H,23,26). The second-order valence-corrected chi connectivity index (χ2v) is 6.86. The topological polar surface area (TPSA) is 61.9 Å². The Balaban J connectivity index is 1.58. The number of hydrogen-bond acceptors (Lipinski definition) is 4. The minimum Gasteiger partial charge on any atom is -0.497 e. The predicted molar refractivity (Wildman–Crippen MR) is 111 cm³/mol. The summed E-state index contributed by atoms with van der Waals surface area (Å²) >= 11 is 0. The van der Waals surface area contributed by atoms with Crippen LogP contribution in [0.5, 0.6) is 5.75 Å². The highest BCUT2D eigenvalue weighted by Gasteiger charge is 2.24. The number of likely N-dealkylation sites (N-methyl/N-ethyl adjacent to an activating group) is 1. The molecule has 1 N–H and O–H groups in total. The van der Waals surface area contributed by atoms with Crippen LogP contribution in [0.1, 0.15) is 18.9 Å². The fourth-order valence-corrected chi connectivity index (χ4v) is 3.43. The Labute approximate surface area is 166 Å². The first kappa shape index (κ1) is 19.9. The molecule has 2 amide bonds. The largest absolute Gasteiger partial charge is 0.497 e. The van der Waals surface area contributed by atoms with E-state index in [4.69, 9.17) is 4.74 Å². The first-order chi connectivity index (χ1) is 13.6.